The van der Waals surface area contributed by atoms with E-state index in [9.17, 15) is 24.8 Å². The number of ketones is 1. The maximum Gasteiger partial charge on any atom is 0.300 e. The van der Waals surface area contributed by atoms with E-state index < -0.39 is 28.4 Å². The monoisotopic (exact) mass is 488 g/mol. The molecule has 1 amide bonds. The van der Waals surface area contributed by atoms with E-state index in [1.54, 1.807) is 18.2 Å². The summed E-state index contributed by atoms with van der Waals surface area (Å²) in [5, 5.41) is 22.2. The van der Waals surface area contributed by atoms with Crippen LogP contribution in [0.25, 0.3) is 5.76 Å². The Labute approximate surface area is 207 Å². The number of carbonyl (C=O) groups excluding carboxylic acids is 2. The molecule has 3 aromatic carbocycles. The highest BCUT2D eigenvalue weighted by molar-refractivity contribution is 6.51. The van der Waals surface area contributed by atoms with Gasteiger partial charge in [0.2, 0.25) is 0 Å². The van der Waals surface area contributed by atoms with E-state index in [4.69, 9.17) is 9.47 Å². The number of benzene rings is 3. The van der Waals surface area contributed by atoms with Crippen molar-refractivity contribution < 1.29 is 29.1 Å². The molecule has 1 fully saturated rings. The zero-order valence-electron chi connectivity index (χ0n) is 19.9. The molecule has 4 rings (SSSR count). The quantitative estimate of drug-likeness (QED) is 0.167. The Kier molecular flexibility index (Phi) is 6.73. The van der Waals surface area contributed by atoms with Crippen LogP contribution < -0.4 is 14.4 Å². The second-order valence-corrected chi connectivity index (χ2v) is 8.11. The van der Waals surface area contributed by atoms with Gasteiger partial charge in [-0.2, -0.15) is 0 Å². The summed E-state index contributed by atoms with van der Waals surface area (Å²) in [6.07, 6.45) is 0.805. The van der Waals surface area contributed by atoms with Crippen LogP contribution in [0, 0.1) is 10.1 Å². The minimum Gasteiger partial charge on any atom is -0.507 e. The SMILES string of the molecule is CCc1ccc(C2/C(=C(\O)c3ccc([N+](=O)[O-])cc3)C(=O)C(=O)N2c2ccc(OC)c(OC)c2)cc1. The summed E-state index contributed by atoms with van der Waals surface area (Å²) in [4.78, 5) is 38.4. The van der Waals surface area contributed by atoms with Crippen molar-refractivity contribution in [2.75, 3.05) is 19.1 Å². The van der Waals surface area contributed by atoms with Gasteiger partial charge in [0.05, 0.1) is 30.8 Å². The van der Waals surface area contributed by atoms with Crippen molar-refractivity contribution in [1.29, 1.82) is 0 Å². The molecule has 9 nitrogen and oxygen atoms in total. The lowest BCUT2D eigenvalue weighted by Gasteiger charge is -2.26. The summed E-state index contributed by atoms with van der Waals surface area (Å²) in [7, 11) is 2.95. The molecule has 1 saturated heterocycles. The first-order valence-electron chi connectivity index (χ1n) is 11.2. The van der Waals surface area contributed by atoms with E-state index in [1.165, 1.54) is 43.4 Å². The smallest absolute Gasteiger partial charge is 0.300 e. The minimum absolute atomic E-state index is 0.118. The van der Waals surface area contributed by atoms with Crippen molar-refractivity contribution in [3.63, 3.8) is 0 Å². The number of aliphatic hydroxyl groups is 1. The van der Waals surface area contributed by atoms with Crippen LogP contribution in [0.5, 0.6) is 11.5 Å². The van der Waals surface area contributed by atoms with Gasteiger partial charge in [-0.3, -0.25) is 24.6 Å². The fourth-order valence-electron chi connectivity index (χ4n) is 4.22. The Hall–Kier alpha value is -4.66. The molecule has 0 bridgehead atoms. The van der Waals surface area contributed by atoms with E-state index in [1.807, 2.05) is 31.2 Å². The Morgan fingerprint density at radius 1 is 0.972 bits per heavy atom. The number of nitro groups is 1. The molecule has 1 unspecified atom stereocenters. The maximum absolute atomic E-state index is 13.3. The lowest BCUT2D eigenvalue weighted by molar-refractivity contribution is -0.384. The summed E-state index contributed by atoms with van der Waals surface area (Å²) in [6, 6.07) is 16.5. The number of ether oxygens (including phenoxy) is 2. The van der Waals surface area contributed by atoms with Gasteiger partial charge in [0.15, 0.2) is 11.5 Å². The largest absolute Gasteiger partial charge is 0.507 e. The van der Waals surface area contributed by atoms with Crippen LogP contribution >= 0.6 is 0 Å². The van der Waals surface area contributed by atoms with Gasteiger partial charge < -0.3 is 14.6 Å². The molecule has 1 atom stereocenters. The standard InChI is InChI=1S/C27H24N2O7/c1-4-16-5-7-17(8-6-16)24-23(25(30)18-9-11-19(12-10-18)29(33)34)26(31)27(32)28(24)20-13-14-21(35-2)22(15-20)36-3/h5-15,24,30H,4H2,1-3H3/b25-23+. The summed E-state index contributed by atoms with van der Waals surface area (Å²) in [5.41, 5.74) is 1.96. The van der Waals surface area contributed by atoms with Crippen LogP contribution in [0.4, 0.5) is 11.4 Å². The van der Waals surface area contributed by atoms with Gasteiger partial charge >= 0.3 is 0 Å². The normalized spacial score (nSPS) is 16.8. The van der Waals surface area contributed by atoms with Crippen LogP contribution in [0.1, 0.15) is 29.7 Å². The molecule has 0 aliphatic carbocycles. The molecule has 1 heterocycles. The van der Waals surface area contributed by atoms with Crippen molar-refractivity contribution in [3.8, 4) is 11.5 Å². The number of methoxy groups -OCH3 is 2. The van der Waals surface area contributed by atoms with Crippen LogP contribution in [0.15, 0.2) is 72.3 Å². The molecule has 0 aromatic heterocycles. The zero-order chi connectivity index (χ0) is 26.0. The van der Waals surface area contributed by atoms with Crippen LogP contribution in [0.2, 0.25) is 0 Å². The molecule has 3 aromatic rings. The van der Waals surface area contributed by atoms with Gasteiger partial charge in [-0.25, -0.2) is 0 Å². The molecule has 0 spiro atoms. The average Bonchev–Trinajstić information content (AvgIpc) is 3.17. The summed E-state index contributed by atoms with van der Waals surface area (Å²) < 4.78 is 10.7. The van der Waals surface area contributed by atoms with Gasteiger partial charge in [-0.05, 0) is 41.8 Å². The number of non-ortho nitro benzene ring substituents is 1. The molecular weight excluding hydrogens is 464 g/mol. The van der Waals surface area contributed by atoms with Crippen molar-refractivity contribution >= 4 is 28.8 Å². The third-order valence-electron chi connectivity index (χ3n) is 6.14. The van der Waals surface area contributed by atoms with Crippen LogP contribution in [-0.4, -0.2) is 35.9 Å². The third-order valence-corrected chi connectivity index (χ3v) is 6.14. The molecule has 1 N–H and O–H groups in total. The first-order chi connectivity index (χ1) is 17.3. The lowest BCUT2D eigenvalue weighted by atomic mass is 9.94. The van der Waals surface area contributed by atoms with E-state index in [0.29, 0.717) is 22.7 Å². The fourth-order valence-corrected chi connectivity index (χ4v) is 4.22. The summed E-state index contributed by atoms with van der Waals surface area (Å²) in [6.45, 7) is 2.01. The number of anilines is 1. The Bertz CT molecular complexity index is 1360. The Morgan fingerprint density at radius 2 is 1.61 bits per heavy atom. The Balaban J connectivity index is 1.91. The number of nitro benzene ring substituents is 1. The predicted molar refractivity (Wildman–Crippen MR) is 133 cm³/mol. The Morgan fingerprint density at radius 3 is 2.17 bits per heavy atom. The first kappa shape index (κ1) is 24.5. The third kappa shape index (κ3) is 4.26. The van der Waals surface area contributed by atoms with E-state index in [0.717, 1.165) is 12.0 Å². The number of aryl methyl sites for hydroxylation is 1. The van der Waals surface area contributed by atoms with Crippen molar-refractivity contribution in [2.24, 2.45) is 0 Å². The predicted octanol–water partition coefficient (Wildman–Crippen LogP) is 4.80. The molecule has 36 heavy (non-hydrogen) atoms. The van der Waals surface area contributed by atoms with Crippen LogP contribution in [0.3, 0.4) is 0 Å². The topological polar surface area (TPSA) is 119 Å². The molecule has 1 aliphatic rings. The number of rotatable bonds is 7. The van der Waals surface area contributed by atoms with Gasteiger partial charge in [0.25, 0.3) is 17.4 Å². The number of amides is 1. The van der Waals surface area contributed by atoms with Gasteiger partial charge in [0.1, 0.15) is 5.76 Å². The maximum atomic E-state index is 13.3. The van der Waals surface area contributed by atoms with E-state index >= 15 is 0 Å². The number of nitrogens with zero attached hydrogens (tertiary/aromatic N) is 2. The van der Waals surface area contributed by atoms with Gasteiger partial charge in [-0.1, -0.05) is 31.2 Å². The highest BCUT2D eigenvalue weighted by Crippen LogP contribution is 2.44. The van der Waals surface area contributed by atoms with Crippen molar-refractivity contribution in [1.82, 2.24) is 0 Å². The highest BCUT2D eigenvalue weighted by Gasteiger charge is 2.47. The van der Waals surface area contributed by atoms with E-state index in [-0.39, 0.29) is 16.8 Å². The van der Waals surface area contributed by atoms with Crippen molar-refractivity contribution in [2.45, 2.75) is 19.4 Å². The second kappa shape index (κ2) is 9.91. The number of aliphatic hydroxyl groups excluding tert-OH is 1. The molecule has 1 aliphatic heterocycles. The fraction of sp³-hybridized carbons (Fsp3) is 0.185. The van der Waals surface area contributed by atoms with Crippen LogP contribution in [-0.2, 0) is 16.0 Å². The highest BCUT2D eigenvalue weighted by atomic mass is 16.6. The molecule has 9 heteroatoms. The van der Waals surface area contributed by atoms with Crippen molar-refractivity contribution in [3.05, 3.63) is 99.1 Å². The average molecular weight is 488 g/mol. The lowest BCUT2D eigenvalue weighted by Crippen LogP contribution is -2.29. The van der Waals surface area contributed by atoms with Gasteiger partial charge in [0, 0.05) is 29.4 Å². The van der Waals surface area contributed by atoms with E-state index in [2.05, 4.69) is 0 Å². The van der Waals surface area contributed by atoms with Gasteiger partial charge in [-0.15, -0.1) is 0 Å². The molecule has 0 saturated carbocycles. The first-order valence-corrected chi connectivity index (χ1v) is 11.2. The molecule has 0 radical (unpaired) electrons. The molecule has 184 valence electrons. The second-order valence-electron chi connectivity index (χ2n) is 8.11. The minimum atomic E-state index is -0.941. The number of Topliss-reactive ketones (excluding diaryl/α,β-unsaturated/α-hetero) is 1. The molecular formula is C27H24N2O7. The zero-order valence-corrected chi connectivity index (χ0v) is 19.9. The number of hydrogen-bond donors (Lipinski definition) is 1. The number of carbonyl (C=O) groups is 2. The number of hydrogen-bond acceptors (Lipinski definition) is 7. The summed E-state index contributed by atoms with van der Waals surface area (Å²) in [5.74, 6) is -1.30. The summed E-state index contributed by atoms with van der Waals surface area (Å²) >= 11 is 0.